The first-order chi connectivity index (χ1) is 9.09. The molecule has 0 N–H and O–H groups in total. The molecule has 0 unspecified atom stereocenters. The number of carbonyl (C=O) groups excluding carboxylic acids is 1. The van der Waals surface area contributed by atoms with E-state index in [9.17, 15) is 14.9 Å². The van der Waals surface area contributed by atoms with Crippen LogP contribution in [0.2, 0.25) is 5.15 Å². The Bertz CT molecular complexity index is 501. The number of nitrogens with zero attached hydrogens (tertiary/aromatic N) is 3. The zero-order chi connectivity index (χ0) is 13.8. The molecule has 2 rings (SSSR count). The molecule has 1 aliphatic rings. The van der Waals surface area contributed by atoms with Crippen molar-refractivity contribution in [2.24, 2.45) is 0 Å². The number of aromatic nitrogens is 1. The van der Waals surface area contributed by atoms with Crippen molar-refractivity contribution in [2.45, 2.75) is 6.42 Å². The van der Waals surface area contributed by atoms with Gasteiger partial charge in [0.2, 0.25) is 0 Å². The number of amides is 1. The number of halogens is 1. The van der Waals surface area contributed by atoms with Crippen molar-refractivity contribution in [3.8, 4) is 0 Å². The molecule has 0 saturated carbocycles. The minimum atomic E-state index is -0.634. The van der Waals surface area contributed by atoms with E-state index in [1.165, 1.54) is 11.0 Å². The fourth-order valence-corrected chi connectivity index (χ4v) is 2.02. The highest BCUT2D eigenvalue weighted by atomic mass is 35.5. The molecule has 0 aliphatic carbocycles. The molecular weight excluding hydrogens is 274 g/mol. The highest BCUT2D eigenvalue weighted by molar-refractivity contribution is 6.29. The van der Waals surface area contributed by atoms with Gasteiger partial charge < -0.3 is 9.64 Å². The van der Waals surface area contributed by atoms with Crippen molar-refractivity contribution in [2.75, 3.05) is 26.3 Å². The Kier molecular flexibility index (Phi) is 4.28. The summed E-state index contributed by atoms with van der Waals surface area (Å²) in [4.78, 5) is 27.8. The van der Waals surface area contributed by atoms with Crippen LogP contribution in [0, 0.1) is 10.1 Å². The number of carbonyl (C=O) groups is 1. The van der Waals surface area contributed by atoms with Gasteiger partial charge >= 0.3 is 0 Å². The summed E-state index contributed by atoms with van der Waals surface area (Å²) in [6, 6.07) is 1.23. The fraction of sp³-hybridized carbons (Fsp3) is 0.455. The fourth-order valence-electron chi connectivity index (χ4n) is 1.86. The number of ether oxygens (including phenoxy) is 1. The van der Waals surface area contributed by atoms with Gasteiger partial charge in [-0.1, -0.05) is 11.6 Å². The molecule has 1 aliphatic heterocycles. The van der Waals surface area contributed by atoms with Crippen LogP contribution in [0.4, 0.5) is 5.69 Å². The Morgan fingerprint density at radius 2 is 2.26 bits per heavy atom. The minimum absolute atomic E-state index is 0.0353. The standard InChI is InChI=1S/C11H12ClN3O4/c12-10-6-8(9(7-13-10)15(17)18)11(16)14-2-1-4-19-5-3-14/h6-7H,1-5H2. The zero-order valence-electron chi connectivity index (χ0n) is 10.0. The number of hydrogen-bond acceptors (Lipinski definition) is 5. The average Bonchev–Trinajstić information content (AvgIpc) is 2.66. The van der Waals surface area contributed by atoms with E-state index >= 15 is 0 Å². The second-order valence-corrected chi connectivity index (χ2v) is 4.43. The summed E-state index contributed by atoms with van der Waals surface area (Å²) < 4.78 is 5.25. The van der Waals surface area contributed by atoms with Crippen molar-refractivity contribution >= 4 is 23.2 Å². The van der Waals surface area contributed by atoms with Gasteiger partial charge in [-0.2, -0.15) is 0 Å². The third-order valence-corrected chi connectivity index (χ3v) is 2.99. The van der Waals surface area contributed by atoms with Gasteiger partial charge in [0.05, 0.1) is 11.5 Å². The number of nitro groups is 1. The van der Waals surface area contributed by atoms with Gasteiger partial charge in [0.25, 0.3) is 11.6 Å². The van der Waals surface area contributed by atoms with Crippen LogP contribution in [0.1, 0.15) is 16.8 Å². The molecule has 2 heterocycles. The van der Waals surface area contributed by atoms with Crippen LogP contribution in [-0.2, 0) is 4.74 Å². The second kappa shape index (κ2) is 5.94. The van der Waals surface area contributed by atoms with Crippen LogP contribution in [0.25, 0.3) is 0 Å². The van der Waals surface area contributed by atoms with Gasteiger partial charge in [0.1, 0.15) is 16.9 Å². The maximum Gasteiger partial charge on any atom is 0.300 e. The Morgan fingerprint density at radius 1 is 1.47 bits per heavy atom. The normalized spacial score (nSPS) is 15.9. The van der Waals surface area contributed by atoms with Crippen LogP contribution in [0.15, 0.2) is 12.3 Å². The molecule has 7 nitrogen and oxygen atoms in total. The summed E-state index contributed by atoms with van der Waals surface area (Å²) in [6.07, 6.45) is 1.71. The molecule has 8 heteroatoms. The predicted molar refractivity (Wildman–Crippen MR) is 67.2 cm³/mol. The molecule has 0 aromatic carbocycles. The van der Waals surface area contributed by atoms with Crippen molar-refractivity contribution in [1.29, 1.82) is 0 Å². The van der Waals surface area contributed by atoms with Gasteiger partial charge in [0.15, 0.2) is 0 Å². The lowest BCUT2D eigenvalue weighted by Crippen LogP contribution is -2.33. The maximum atomic E-state index is 12.3. The zero-order valence-corrected chi connectivity index (χ0v) is 10.8. The van der Waals surface area contributed by atoms with Crippen LogP contribution in [0.5, 0.6) is 0 Å². The SMILES string of the molecule is O=C(c1cc(Cl)ncc1[N+](=O)[O-])N1CCCOCC1. The van der Waals surface area contributed by atoms with Gasteiger partial charge in [0, 0.05) is 19.7 Å². The molecular formula is C11H12ClN3O4. The minimum Gasteiger partial charge on any atom is -0.380 e. The van der Waals surface area contributed by atoms with E-state index in [4.69, 9.17) is 16.3 Å². The molecule has 0 atom stereocenters. The monoisotopic (exact) mass is 285 g/mol. The maximum absolute atomic E-state index is 12.3. The second-order valence-electron chi connectivity index (χ2n) is 4.04. The summed E-state index contributed by atoms with van der Waals surface area (Å²) in [6.45, 7) is 1.94. The molecule has 1 aromatic heterocycles. The van der Waals surface area contributed by atoms with Gasteiger partial charge in [-0.15, -0.1) is 0 Å². The first-order valence-corrected chi connectivity index (χ1v) is 6.14. The lowest BCUT2D eigenvalue weighted by Gasteiger charge is -2.19. The number of pyridine rings is 1. The number of hydrogen-bond donors (Lipinski definition) is 0. The molecule has 0 radical (unpaired) electrons. The van der Waals surface area contributed by atoms with E-state index in [2.05, 4.69) is 4.98 Å². The van der Waals surface area contributed by atoms with Gasteiger partial charge in [-0.3, -0.25) is 14.9 Å². The summed E-state index contributed by atoms with van der Waals surface area (Å²) in [5.41, 5.74) is -0.369. The highest BCUT2D eigenvalue weighted by Gasteiger charge is 2.26. The van der Waals surface area contributed by atoms with E-state index < -0.39 is 10.8 Å². The van der Waals surface area contributed by atoms with Crippen molar-refractivity contribution in [3.05, 3.63) is 33.1 Å². The Labute approximate surface area is 114 Å². The molecule has 1 saturated heterocycles. The molecule has 0 spiro atoms. The number of rotatable bonds is 2. The lowest BCUT2D eigenvalue weighted by molar-refractivity contribution is -0.385. The predicted octanol–water partition coefficient (Wildman–Crippen LogP) is 1.51. The first kappa shape index (κ1) is 13.7. The van der Waals surface area contributed by atoms with Gasteiger partial charge in [-0.05, 0) is 12.5 Å². The van der Waals surface area contributed by atoms with Gasteiger partial charge in [-0.25, -0.2) is 4.98 Å². The summed E-state index contributed by atoms with van der Waals surface area (Å²) in [5, 5.41) is 11.0. The molecule has 1 aromatic rings. The Morgan fingerprint density at radius 3 is 3.00 bits per heavy atom. The first-order valence-electron chi connectivity index (χ1n) is 5.76. The summed E-state index contributed by atoms with van der Waals surface area (Å²) in [7, 11) is 0. The third kappa shape index (κ3) is 3.18. The van der Waals surface area contributed by atoms with Crippen LogP contribution < -0.4 is 0 Å². The molecule has 19 heavy (non-hydrogen) atoms. The van der Waals surface area contributed by atoms with E-state index in [0.29, 0.717) is 32.7 Å². The van der Waals surface area contributed by atoms with E-state index in [1.54, 1.807) is 0 Å². The van der Waals surface area contributed by atoms with Crippen LogP contribution >= 0.6 is 11.6 Å². The molecule has 102 valence electrons. The van der Waals surface area contributed by atoms with E-state index in [0.717, 1.165) is 6.20 Å². The molecule has 1 fully saturated rings. The van der Waals surface area contributed by atoms with Crippen LogP contribution in [-0.4, -0.2) is 47.0 Å². The van der Waals surface area contributed by atoms with Crippen molar-refractivity contribution in [1.82, 2.24) is 9.88 Å². The Balaban J connectivity index is 2.31. The summed E-state index contributed by atoms with van der Waals surface area (Å²) in [5.74, 6) is -0.415. The average molecular weight is 286 g/mol. The summed E-state index contributed by atoms with van der Waals surface area (Å²) >= 11 is 5.71. The lowest BCUT2D eigenvalue weighted by atomic mass is 10.2. The topological polar surface area (TPSA) is 85.6 Å². The Hall–Kier alpha value is -1.73. The highest BCUT2D eigenvalue weighted by Crippen LogP contribution is 2.22. The molecule has 1 amide bonds. The van der Waals surface area contributed by atoms with E-state index in [-0.39, 0.29) is 16.4 Å². The van der Waals surface area contributed by atoms with Crippen molar-refractivity contribution < 1.29 is 14.5 Å². The van der Waals surface area contributed by atoms with E-state index in [1.807, 2.05) is 0 Å². The largest absolute Gasteiger partial charge is 0.380 e. The smallest absolute Gasteiger partial charge is 0.300 e. The van der Waals surface area contributed by atoms with Crippen LogP contribution in [0.3, 0.4) is 0 Å². The third-order valence-electron chi connectivity index (χ3n) is 2.79. The van der Waals surface area contributed by atoms with Crippen molar-refractivity contribution in [3.63, 3.8) is 0 Å². The quantitative estimate of drug-likeness (QED) is 0.467. The molecule has 0 bridgehead atoms.